The van der Waals surface area contributed by atoms with Gasteiger partial charge in [-0.1, -0.05) is 78.1 Å². The summed E-state index contributed by atoms with van der Waals surface area (Å²) in [7, 11) is 1.55. The third-order valence-corrected chi connectivity index (χ3v) is 8.66. The smallest absolute Gasteiger partial charge is 0.338 e. The Morgan fingerprint density at radius 3 is 2.38 bits per heavy atom. The van der Waals surface area contributed by atoms with Crippen molar-refractivity contribution in [1.82, 2.24) is 4.57 Å². The highest BCUT2D eigenvalue weighted by Gasteiger charge is 2.36. The summed E-state index contributed by atoms with van der Waals surface area (Å²) >= 11 is 1.22. The van der Waals surface area contributed by atoms with Gasteiger partial charge in [0.25, 0.3) is 5.56 Å². The maximum absolute atomic E-state index is 14.3. The number of carbonyl (C=O) groups excluding carboxylic acids is 1. The molecule has 0 saturated heterocycles. The van der Waals surface area contributed by atoms with E-state index in [-0.39, 0.29) is 30.2 Å². The molecule has 0 saturated carbocycles. The highest BCUT2D eigenvalue weighted by molar-refractivity contribution is 7.07. The molecular weight excluding hydrogens is 631 g/mol. The summed E-state index contributed by atoms with van der Waals surface area (Å²) in [5.74, 6) is 0.659. The lowest BCUT2D eigenvalue weighted by molar-refractivity contribution is -0.138. The van der Waals surface area contributed by atoms with Crippen molar-refractivity contribution in [3.8, 4) is 17.2 Å². The zero-order valence-corrected chi connectivity index (χ0v) is 27.5. The summed E-state index contributed by atoms with van der Waals surface area (Å²) in [6, 6.07) is 27.3. The second-order valence-corrected chi connectivity index (χ2v) is 11.7. The zero-order valence-electron chi connectivity index (χ0n) is 26.6. The Kier molecular flexibility index (Phi) is 9.82. The Labute approximate surface area is 280 Å². The van der Waals surface area contributed by atoms with Crippen LogP contribution < -0.4 is 29.1 Å². The summed E-state index contributed by atoms with van der Waals surface area (Å²) < 4.78 is 38.5. The van der Waals surface area contributed by atoms with Gasteiger partial charge in [-0.3, -0.25) is 9.36 Å². The average molecular weight is 665 g/mol. The van der Waals surface area contributed by atoms with Gasteiger partial charge in [-0.25, -0.2) is 14.2 Å². The van der Waals surface area contributed by atoms with Gasteiger partial charge >= 0.3 is 5.97 Å². The number of nitrogens with zero attached hydrogens (tertiary/aromatic N) is 2. The normalized spacial score (nSPS) is 14.2. The first-order chi connectivity index (χ1) is 23.4. The van der Waals surface area contributed by atoms with Gasteiger partial charge in [0.1, 0.15) is 24.2 Å². The molecule has 0 radical (unpaired) electrons. The molecule has 4 aromatic carbocycles. The van der Waals surface area contributed by atoms with Crippen LogP contribution in [0.1, 0.15) is 42.1 Å². The molecule has 0 bridgehead atoms. The fourth-order valence-corrected chi connectivity index (χ4v) is 6.52. The molecule has 10 heteroatoms. The molecular formula is C38H33FN2O6S. The van der Waals surface area contributed by atoms with Crippen molar-refractivity contribution < 1.29 is 28.1 Å². The van der Waals surface area contributed by atoms with E-state index in [1.807, 2.05) is 61.5 Å². The number of benzene rings is 4. The lowest BCUT2D eigenvalue weighted by atomic mass is 9.92. The summed E-state index contributed by atoms with van der Waals surface area (Å²) in [6.07, 6.45) is 1.77. The molecule has 0 amide bonds. The van der Waals surface area contributed by atoms with Crippen LogP contribution in [-0.4, -0.2) is 30.9 Å². The number of hydrogen-bond donors (Lipinski definition) is 0. The SMILES string of the molecule is CCOC(=O)C1=C(c2ccccc2)N=c2s/c(=C\c3ccc(OCc4ccc(F)cc4)c(OCC)c3)c(=O)n2C1c1ccccc1OC. The van der Waals surface area contributed by atoms with E-state index in [0.717, 1.165) is 11.1 Å². The second kappa shape index (κ2) is 14.5. The number of esters is 1. The number of hydrogen-bond acceptors (Lipinski definition) is 8. The van der Waals surface area contributed by atoms with Crippen LogP contribution in [0.4, 0.5) is 4.39 Å². The standard InChI is InChI=1S/C38H33FN2O6S/c1-4-45-31-21-25(17-20-30(31)47-23-24-15-18-27(39)19-16-24)22-32-36(42)41-35(28-13-9-10-14-29(28)44-3)33(37(43)46-5-2)34(40-38(41)48-32)26-11-7-6-8-12-26/h6-22,35H,4-5,23H2,1-3H3/b32-22-. The van der Waals surface area contributed by atoms with Gasteiger partial charge in [-0.2, -0.15) is 0 Å². The van der Waals surface area contributed by atoms with Crippen molar-refractivity contribution in [2.45, 2.75) is 26.5 Å². The van der Waals surface area contributed by atoms with Crippen molar-refractivity contribution in [1.29, 1.82) is 0 Å². The summed E-state index contributed by atoms with van der Waals surface area (Å²) in [6.45, 7) is 4.39. The monoisotopic (exact) mass is 664 g/mol. The number of methoxy groups -OCH3 is 1. The first-order valence-corrected chi connectivity index (χ1v) is 16.3. The van der Waals surface area contributed by atoms with Crippen LogP contribution in [0.25, 0.3) is 11.8 Å². The number of halogens is 1. The van der Waals surface area contributed by atoms with E-state index in [4.69, 9.17) is 23.9 Å². The molecule has 8 nitrogen and oxygen atoms in total. The lowest BCUT2D eigenvalue weighted by Gasteiger charge is -2.27. The first kappa shape index (κ1) is 32.5. The van der Waals surface area contributed by atoms with Crippen LogP contribution in [0.2, 0.25) is 0 Å². The number of para-hydroxylation sites is 1. The largest absolute Gasteiger partial charge is 0.496 e. The van der Waals surface area contributed by atoms with Crippen molar-refractivity contribution in [3.63, 3.8) is 0 Å². The molecule has 1 unspecified atom stereocenters. The van der Waals surface area contributed by atoms with Gasteiger partial charge in [0.05, 0.1) is 36.1 Å². The molecule has 0 aliphatic carbocycles. The highest BCUT2D eigenvalue weighted by Crippen LogP contribution is 2.38. The lowest BCUT2D eigenvalue weighted by Crippen LogP contribution is -2.40. The Bertz CT molecular complexity index is 2160. The third-order valence-electron chi connectivity index (χ3n) is 7.68. The predicted molar refractivity (Wildman–Crippen MR) is 182 cm³/mol. The van der Waals surface area contributed by atoms with Crippen LogP contribution in [0.5, 0.6) is 17.2 Å². The molecule has 244 valence electrons. The van der Waals surface area contributed by atoms with Crippen LogP contribution >= 0.6 is 11.3 Å². The van der Waals surface area contributed by atoms with Gasteiger partial charge in [-0.05, 0) is 61.4 Å². The third kappa shape index (κ3) is 6.65. The van der Waals surface area contributed by atoms with Crippen LogP contribution in [-0.2, 0) is 16.1 Å². The van der Waals surface area contributed by atoms with Gasteiger partial charge in [0.2, 0.25) is 0 Å². The van der Waals surface area contributed by atoms with Crippen molar-refractivity contribution >= 4 is 29.1 Å². The fourth-order valence-electron chi connectivity index (χ4n) is 5.52. The number of fused-ring (bicyclic) bond motifs is 1. The molecule has 0 spiro atoms. The Morgan fingerprint density at radius 1 is 0.896 bits per heavy atom. The minimum atomic E-state index is -0.866. The molecule has 1 aromatic heterocycles. The minimum absolute atomic E-state index is 0.152. The number of rotatable bonds is 11. The summed E-state index contributed by atoms with van der Waals surface area (Å²) in [5, 5.41) is 0. The summed E-state index contributed by atoms with van der Waals surface area (Å²) in [4.78, 5) is 33.4. The maximum atomic E-state index is 14.3. The molecule has 6 rings (SSSR count). The molecule has 1 aliphatic rings. The van der Waals surface area contributed by atoms with Crippen LogP contribution in [0, 0.1) is 5.82 Å². The average Bonchev–Trinajstić information content (AvgIpc) is 3.42. The Morgan fingerprint density at radius 2 is 1.65 bits per heavy atom. The van der Waals surface area contributed by atoms with Crippen LogP contribution in [0.15, 0.2) is 112 Å². The molecule has 1 aliphatic heterocycles. The Hall–Kier alpha value is -5.48. The molecule has 0 fully saturated rings. The fraction of sp³-hybridized carbons (Fsp3) is 0.184. The van der Waals surface area contributed by atoms with Crippen molar-refractivity contribution in [3.05, 3.63) is 150 Å². The number of aromatic nitrogens is 1. The summed E-state index contributed by atoms with van der Waals surface area (Å²) in [5.41, 5.74) is 3.21. The van der Waals surface area contributed by atoms with Crippen LogP contribution in [0.3, 0.4) is 0 Å². The van der Waals surface area contributed by atoms with Gasteiger partial charge in [0, 0.05) is 11.1 Å². The molecule has 48 heavy (non-hydrogen) atoms. The van der Waals surface area contributed by atoms with Gasteiger partial charge in [0.15, 0.2) is 16.3 Å². The maximum Gasteiger partial charge on any atom is 0.338 e. The highest BCUT2D eigenvalue weighted by atomic mass is 32.1. The Balaban J connectivity index is 1.49. The number of ether oxygens (including phenoxy) is 4. The number of thiazole rings is 1. The molecule has 5 aromatic rings. The number of carbonyl (C=O) groups is 1. The molecule has 0 N–H and O–H groups in total. The predicted octanol–water partition coefficient (Wildman–Crippen LogP) is 6.06. The quantitative estimate of drug-likeness (QED) is 0.160. The van der Waals surface area contributed by atoms with E-state index in [2.05, 4.69) is 0 Å². The zero-order chi connectivity index (χ0) is 33.6. The first-order valence-electron chi connectivity index (χ1n) is 15.5. The van der Waals surface area contributed by atoms with Gasteiger partial charge in [-0.15, -0.1) is 0 Å². The minimum Gasteiger partial charge on any atom is -0.496 e. The van der Waals surface area contributed by atoms with E-state index in [9.17, 15) is 14.0 Å². The van der Waals surface area contributed by atoms with E-state index in [0.29, 0.717) is 50.0 Å². The topological polar surface area (TPSA) is 88.4 Å². The van der Waals surface area contributed by atoms with Crippen molar-refractivity contribution in [2.75, 3.05) is 20.3 Å². The molecule has 2 heterocycles. The van der Waals surface area contributed by atoms with E-state index >= 15 is 0 Å². The van der Waals surface area contributed by atoms with E-state index in [1.165, 1.54) is 28.0 Å². The van der Waals surface area contributed by atoms with Crippen molar-refractivity contribution in [2.24, 2.45) is 4.99 Å². The van der Waals surface area contributed by atoms with E-state index < -0.39 is 12.0 Å². The van der Waals surface area contributed by atoms with Gasteiger partial charge < -0.3 is 18.9 Å². The molecule has 1 atom stereocenters. The van der Waals surface area contributed by atoms with E-state index in [1.54, 1.807) is 50.4 Å². The second-order valence-electron chi connectivity index (χ2n) is 10.7.